The number of carbonyl (C=O) groups is 1. The standard InChI is InChI=1S/C14H18N2O2/c1-10-12(9-15-8-7-14(17)18-2)11-5-3-4-6-13(11)16-10/h3-6,15-16H,7-9H2,1-2H3. The van der Waals surface area contributed by atoms with E-state index in [-0.39, 0.29) is 5.97 Å². The molecule has 2 rings (SSSR count). The van der Waals surface area contributed by atoms with E-state index in [0.29, 0.717) is 13.0 Å². The van der Waals surface area contributed by atoms with Crippen LogP contribution in [0, 0.1) is 6.92 Å². The van der Waals surface area contributed by atoms with Gasteiger partial charge in [-0.05, 0) is 18.6 Å². The van der Waals surface area contributed by atoms with Crippen LogP contribution >= 0.6 is 0 Å². The van der Waals surface area contributed by atoms with Crippen LogP contribution in [-0.4, -0.2) is 24.6 Å². The van der Waals surface area contributed by atoms with Crippen LogP contribution in [0.1, 0.15) is 17.7 Å². The molecule has 0 unspecified atom stereocenters. The van der Waals surface area contributed by atoms with Crippen molar-refractivity contribution in [3.8, 4) is 0 Å². The smallest absolute Gasteiger partial charge is 0.306 e. The van der Waals surface area contributed by atoms with E-state index in [1.807, 2.05) is 12.1 Å². The van der Waals surface area contributed by atoms with Crippen molar-refractivity contribution in [2.24, 2.45) is 0 Å². The molecule has 0 aliphatic rings. The highest BCUT2D eigenvalue weighted by molar-refractivity contribution is 5.84. The van der Waals surface area contributed by atoms with Gasteiger partial charge in [0.25, 0.3) is 0 Å². The quantitative estimate of drug-likeness (QED) is 0.627. The molecule has 2 aromatic rings. The van der Waals surface area contributed by atoms with Crippen LogP contribution < -0.4 is 5.32 Å². The van der Waals surface area contributed by atoms with Crippen molar-refractivity contribution in [3.63, 3.8) is 0 Å². The predicted octanol–water partition coefficient (Wildman–Crippen LogP) is 2.13. The number of aryl methyl sites for hydroxylation is 1. The number of nitrogens with one attached hydrogen (secondary N) is 2. The Bertz CT molecular complexity index is 546. The summed E-state index contributed by atoms with van der Waals surface area (Å²) in [6.45, 7) is 3.45. The van der Waals surface area contributed by atoms with Gasteiger partial charge in [0.05, 0.1) is 13.5 Å². The van der Waals surface area contributed by atoms with Crippen LogP contribution in [0.4, 0.5) is 0 Å². The van der Waals surface area contributed by atoms with Crippen LogP contribution in [0.2, 0.25) is 0 Å². The van der Waals surface area contributed by atoms with Crippen molar-refractivity contribution in [1.82, 2.24) is 10.3 Å². The highest BCUT2D eigenvalue weighted by Gasteiger charge is 2.07. The van der Waals surface area contributed by atoms with Gasteiger partial charge in [0.1, 0.15) is 0 Å². The largest absolute Gasteiger partial charge is 0.469 e. The highest BCUT2D eigenvalue weighted by atomic mass is 16.5. The number of carbonyl (C=O) groups excluding carboxylic acids is 1. The van der Waals surface area contributed by atoms with E-state index in [4.69, 9.17) is 0 Å². The van der Waals surface area contributed by atoms with Crippen molar-refractivity contribution < 1.29 is 9.53 Å². The van der Waals surface area contributed by atoms with Crippen LogP contribution in [-0.2, 0) is 16.1 Å². The first-order chi connectivity index (χ1) is 8.72. The zero-order chi connectivity index (χ0) is 13.0. The fourth-order valence-electron chi connectivity index (χ4n) is 2.07. The first kappa shape index (κ1) is 12.6. The summed E-state index contributed by atoms with van der Waals surface area (Å²) < 4.78 is 4.60. The number of methoxy groups -OCH3 is 1. The summed E-state index contributed by atoms with van der Waals surface area (Å²) in [5.74, 6) is -0.182. The monoisotopic (exact) mass is 246 g/mol. The zero-order valence-corrected chi connectivity index (χ0v) is 10.7. The number of fused-ring (bicyclic) bond motifs is 1. The van der Waals surface area contributed by atoms with E-state index in [1.54, 1.807) is 0 Å². The summed E-state index contributed by atoms with van der Waals surface area (Å²) in [5, 5.41) is 4.50. The number of hydrogen-bond acceptors (Lipinski definition) is 3. The van der Waals surface area contributed by atoms with Gasteiger partial charge in [0, 0.05) is 29.7 Å². The molecule has 96 valence electrons. The lowest BCUT2D eigenvalue weighted by molar-refractivity contribution is -0.140. The summed E-state index contributed by atoms with van der Waals surface area (Å²) >= 11 is 0. The molecule has 0 aliphatic carbocycles. The fraction of sp³-hybridized carbons (Fsp3) is 0.357. The third-order valence-electron chi connectivity index (χ3n) is 3.06. The number of aromatic nitrogens is 1. The Hall–Kier alpha value is -1.81. The molecule has 0 amide bonds. The molecule has 0 spiro atoms. The van der Waals surface area contributed by atoms with E-state index < -0.39 is 0 Å². The maximum Gasteiger partial charge on any atom is 0.306 e. The summed E-state index contributed by atoms with van der Waals surface area (Å²) in [5.41, 5.74) is 3.58. The molecule has 1 heterocycles. The topological polar surface area (TPSA) is 54.1 Å². The fourth-order valence-corrected chi connectivity index (χ4v) is 2.07. The van der Waals surface area contributed by atoms with Gasteiger partial charge in [-0.25, -0.2) is 0 Å². The molecule has 0 radical (unpaired) electrons. The van der Waals surface area contributed by atoms with E-state index in [1.165, 1.54) is 23.8 Å². The Balaban J connectivity index is 1.99. The van der Waals surface area contributed by atoms with Crippen LogP contribution in [0.25, 0.3) is 10.9 Å². The van der Waals surface area contributed by atoms with Crippen molar-refractivity contribution in [1.29, 1.82) is 0 Å². The van der Waals surface area contributed by atoms with Gasteiger partial charge >= 0.3 is 5.97 Å². The number of rotatable bonds is 5. The van der Waals surface area contributed by atoms with Crippen LogP contribution in [0.5, 0.6) is 0 Å². The minimum Gasteiger partial charge on any atom is -0.469 e. The molecule has 0 saturated heterocycles. The molecule has 2 N–H and O–H groups in total. The molecule has 18 heavy (non-hydrogen) atoms. The third kappa shape index (κ3) is 2.71. The third-order valence-corrected chi connectivity index (χ3v) is 3.06. The minimum atomic E-state index is -0.182. The lowest BCUT2D eigenvalue weighted by Crippen LogP contribution is -2.18. The molecule has 0 fully saturated rings. The van der Waals surface area contributed by atoms with Gasteiger partial charge in [-0.2, -0.15) is 0 Å². The molecular weight excluding hydrogens is 228 g/mol. The summed E-state index contributed by atoms with van der Waals surface area (Å²) in [4.78, 5) is 14.3. The second-order valence-corrected chi connectivity index (χ2v) is 4.28. The van der Waals surface area contributed by atoms with E-state index >= 15 is 0 Å². The Kier molecular flexibility index (Phi) is 3.99. The SMILES string of the molecule is COC(=O)CCNCc1c(C)[nH]c2ccccc12. The van der Waals surface area contributed by atoms with Crippen LogP contribution in [0.15, 0.2) is 24.3 Å². The average molecular weight is 246 g/mol. The molecule has 1 aromatic heterocycles. The zero-order valence-electron chi connectivity index (χ0n) is 10.7. The molecule has 0 saturated carbocycles. The van der Waals surface area contributed by atoms with Gasteiger partial charge in [0.15, 0.2) is 0 Å². The predicted molar refractivity (Wildman–Crippen MR) is 71.4 cm³/mol. The first-order valence-electron chi connectivity index (χ1n) is 6.06. The number of H-pyrrole nitrogens is 1. The normalized spacial score (nSPS) is 10.8. The Morgan fingerprint density at radius 3 is 2.94 bits per heavy atom. The summed E-state index contributed by atoms with van der Waals surface area (Å²) in [6, 6.07) is 8.23. The Morgan fingerprint density at radius 2 is 2.17 bits per heavy atom. The highest BCUT2D eigenvalue weighted by Crippen LogP contribution is 2.21. The van der Waals surface area contributed by atoms with Gasteiger partial charge < -0.3 is 15.0 Å². The van der Waals surface area contributed by atoms with Crippen molar-refractivity contribution >= 4 is 16.9 Å². The van der Waals surface area contributed by atoms with Gasteiger partial charge in [-0.3, -0.25) is 4.79 Å². The number of hydrogen-bond donors (Lipinski definition) is 2. The molecule has 0 atom stereocenters. The Labute approximate surface area is 106 Å². The maximum atomic E-state index is 11.0. The van der Waals surface area contributed by atoms with E-state index in [9.17, 15) is 4.79 Å². The average Bonchev–Trinajstić information content (AvgIpc) is 2.70. The van der Waals surface area contributed by atoms with Gasteiger partial charge in [0.2, 0.25) is 0 Å². The lowest BCUT2D eigenvalue weighted by atomic mass is 10.1. The molecule has 0 aliphatic heterocycles. The Morgan fingerprint density at radius 1 is 1.39 bits per heavy atom. The number of ether oxygens (including phenoxy) is 1. The minimum absolute atomic E-state index is 0.182. The second-order valence-electron chi connectivity index (χ2n) is 4.28. The second kappa shape index (κ2) is 5.69. The van der Waals surface area contributed by atoms with Crippen molar-refractivity contribution in [2.75, 3.05) is 13.7 Å². The van der Waals surface area contributed by atoms with E-state index in [0.717, 1.165) is 12.1 Å². The maximum absolute atomic E-state index is 11.0. The number of benzene rings is 1. The summed E-state index contributed by atoms with van der Waals surface area (Å²) in [6.07, 6.45) is 0.401. The number of para-hydroxylation sites is 1. The molecule has 0 bridgehead atoms. The lowest BCUT2D eigenvalue weighted by Gasteiger charge is -2.04. The summed E-state index contributed by atoms with van der Waals surface area (Å²) in [7, 11) is 1.41. The number of aromatic amines is 1. The number of esters is 1. The molecule has 1 aromatic carbocycles. The van der Waals surface area contributed by atoms with Crippen LogP contribution in [0.3, 0.4) is 0 Å². The van der Waals surface area contributed by atoms with Gasteiger partial charge in [-0.15, -0.1) is 0 Å². The molecular formula is C14H18N2O2. The molecule has 4 heteroatoms. The van der Waals surface area contributed by atoms with E-state index in [2.05, 4.69) is 34.1 Å². The first-order valence-corrected chi connectivity index (χ1v) is 6.06. The van der Waals surface area contributed by atoms with Gasteiger partial charge in [-0.1, -0.05) is 18.2 Å². The molecule has 4 nitrogen and oxygen atoms in total. The van der Waals surface area contributed by atoms with Crippen molar-refractivity contribution in [3.05, 3.63) is 35.5 Å². The van der Waals surface area contributed by atoms with Crippen molar-refractivity contribution in [2.45, 2.75) is 19.9 Å².